The molecule has 0 aliphatic carbocycles. The monoisotopic (exact) mass is 264 g/mol. The lowest BCUT2D eigenvalue weighted by atomic mass is 9.89. The van der Waals surface area contributed by atoms with Crippen molar-refractivity contribution in [2.45, 2.75) is 32.2 Å². The fraction of sp³-hybridized carbons (Fsp3) is 0.533. The molecule has 0 radical (unpaired) electrons. The minimum atomic E-state index is -0.253. The minimum Gasteiger partial charge on any atom is -0.368 e. The van der Waals surface area contributed by atoms with Gasteiger partial charge in [-0.25, -0.2) is 4.39 Å². The van der Waals surface area contributed by atoms with Gasteiger partial charge in [0, 0.05) is 0 Å². The molecule has 0 saturated carbocycles. The summed E-state index contributed by atoms with van der Waals surface area (Å²) in [4.78, 5) is 13.3. The number of nitrogens with zero attached hydrogens (tertiary/aromatic N) is 1. The van der Waals surface area contributed by atoms with Gasteiger partial charge in [-0.05, 0) is 62.9 Å². The lowest BCUT2D eigenvalue weighted by Gasteiger charge is -2.34. The number of halogens is 1. The summed E-state index contributed by atoms with van der Waals surface area (Å²) in [6.45, 7) is 3.69. The molecule has 1 aliphatic heterocycles. The highest BCUT2D eigenvalue weighted by molar-refractivity contribution is 5.79. The molecule has 2 rings (SSSR count). The van der Waals surface area contributed by atoms with Gasteiger partial charge in [0.05, 0.1) is 6.04 Å². The van der Waals surface area contributed by atoms with E-state index in [0.717, 1.165) is 32.4 Å². The van der Waals surface area contributed by atoms with Gasteiger partial charge in [0.15, 0.2) is 0 Å². The Hall–Kier alpha value is -1.42. The Bertz CT molecular complexity index is 424. The van der Waals surface area contributed by atoms with Gasteiger partial charge in [0.2, 0.25) is 5.91 Å². The van der Waals surface area contributed by atoms with Gasteiger partial charge in [-0.1, -0.05) is 12.1 Å². The highest BCUT2D eigenvalue weighted by atomic mass is 19.1. The number of carbonyl (C=O) groups excluding carboxylic acids is 1. The van der Waals surface area contributed by atoms with Crippen LogP contribution in [0.25, 0.3) is 0 Å². The second-order valence-electron chi connectivity index (χ2n) is 5.39. The van der Waals surface area contributed by atoms with Crippen molar-refractivity contribution in [2.75, 3.05) is 13.1 Å². The van der Waals surface area contributed by atoms with Crippen LogP contribution in [0.4, 0.5) is 4.39 Å². The molecular formula is C15H21FN2O. The van der Waals surface area contributed by atoms with Crippen molar-refractivity contribution in [3.8, 4) is 0 Å². The van der Waals surface area contributed by atoms with Crippen molar-refractivity contribution in [3.63, 3.8) is 0 Å². The van der Waals surface area contributed by atoms with E-state index in [-0.39, 0.29) is 17.8 Å². The summed E-state index contributed by atoms with van der Waals surface area (Å²) >= 11 is 0. The standard InChI is InChI=1S/C15H21FN2O/c1-11(15(17)19)18-8-6-13(7-9-18)10-12-2-4-14(16)5-3-12/h2-5,11,13H,6-10H2,1H3,(H2,17,19)/t11-/m1/s1. The van der Waals surface area contributed by atoms with E-state index in [0.29, 0.717) is 5.92 Å². The quantitative estimate of drug-likeness (QED) is 0.903. The zero-order chi connectivity index (χ0) is 13.8. The Balaban J connectivity index is 1.83. The van der Waals surface area contributed by atoms with Crippen LogP contribution in [0.5, 0.6) is 0 Å². The highest BCUT2D eigenvalue weighted by Gasteiger charge is 2.25. The lowest BCUT2D eigenvalue weighted by Crippen LogP contribution is -2.46. The second-order valence-corrected chi connectivity index (χ2v) is 5.39. The van der Waals surface area contributed by atoms with Crippen LogP contribution >= 0.6 is 0 Å². The Labute approximate surface area is 113 Å². The number of piperidine rings is 1. The number of carbonyl (C=O) groups is 1. The van der Waals surface area contributed by atoms with Gasteiger partial charge in [0.25, 0.3) is 0 Å². The zero-order valence-electron chi connectivity index (χ0n) is 11.3. The maximum Gasteiger partial charge on any atom is 0.234 e. The van der Waals surface area contributed by atoms with Gasteiger partial charge in [0.1, 0.15) is 5.82 Å². The van der Waals surface area contributed by atoms with Crippen molar-refractivity contribution >= 4 is 5.91 Å². The summed E-state index contributed by atoms with van der Waals surface area (Å²) < 4.78 is 12.8. The van der Waals surface area contributed by atoms with Crippen LogP contribution in [0.3, 0.4) is 0 Å². The minimum absolute atomic E-state index is 0.174. The normalized spacial score (nSPS) is 19.3. The molecule has 0 bridgehead atoms. The number of likely N-dealkylation sites (tertiary alicyclic amines) is 1. The van der Waals surface area contributed by atoms with Crippen molar-refractivity contribution in [1.82, 2.24) is 4.90 Å². The third-order valence-electron chi connectivity index (χ3n) is 4.05. The first kappa shape index (κ1) is 14.0. The van der Waals surface area contributed by atoms with Gasteiger partial charge in [-0.15, -0.1) is 0 Å². The maximum absolute atomic E-state index is 12.8. The fourth-order valence-corrected chi connectivity index (χ4v) is 2.68. The van der Waals surface area contributed by atoms with E-state index in [4.69, 9.17) is 5.73 Å². The van der Waals surface area contributed by atoms with Crippen molar-refractivity contribution in [2.24, 2.45) is 11.7 Å². The van der Waals surface area contributed by atoms with Crippen LogP contribution in [-0.4, -0.2) is 29.9 Å². The molecule has 0 aromatic heterocycles. The molecule has 0 spiro atoms. The van der Waals surface area contributed by atoms with Crippen LogP contribution in [0.1, 0.15) is 25.3 Å². The van der Waals surface area contributed by atoms with Crippen molar-refractivity contribution < 1.29 is 9.18 Å². The van der Waals surface area contributed by atoms with E-state index >= 15 is 0 Å². The first-order valence-corrected chi connectivity index (χ1v) is 6.84. The first-order valence-electron chi connectivity index (χ1n) is 6.84. The number of benzene rings is 1. The summed E-state index contributed by atoms with van der Waals surface area (Å²) in [7, 11) is 0. The van der Waals surface area contributed by atoms with Crippen LogP contribution in [0.15, 0.2) is 24.3 Å². The zero-order valence-corrected chi connectivity index (χ0v) is 11.3. The van der Waals surface area contributed by atoms with Crippen LogP contribution in [0.2, 0.25) is 0 Å². The SMILES string of the molecule is C[C@H](C(N)=O)N1CCC(Cc2ccc(F)cc2)CC1. The predicted molar refractivity (Wildman–Crippen MR) is 73.1 cm³/mol. The van der Waals surface area contributed by atoms with Crippen LogP contribution < -0.4 is 5.73 Å². The van der Waals surface area contributed by atoms with Crippen molar-refractivity contribution in [1.29, 1.82) is 0 Å². The Morgan fingerprint density at radius 1 is 1.37 bits per heavy atom. The van der Waals surface area contributed by atoms with Crippen molar-refractivity contribution in [3.05, 3.63) is 35.6 Å². The summed E-state index contributed by atoms with van der Waals surface area (Å²) in [5.41, 5.74) is 6.51. The molecule has 1 aliphatic rings. The average molecular weight is 264 g/mol. The molecule has 1 fully saturated rings. The predicted octanol–water partition coefficient (Wildman–Crippen LogP) is 1.95. The Morgan fingerprint density at radius 2 is 1.95 bits per heavy atom. The molecular weight excluding hydrogens is 243 g/mol. The molecule has 104 valence electrons. The molecule has 2 N–H and O–H groups in total. The molecule has 0 unspecified atom stereocenters. The topological polar surface area (TPSA) is 46.3 Å². The Kier molecular flexibility index (Phi) is 4.53. The van der Waals surface area contributed by atoms with Gasteiger partial charge in [-0.3, -0.25) is 9.69 Å². The largest absolute Gasteiger partial charge is 0.368 e. The molecule has 1 amide bonds. The van der Waals surface area contributed by atoms with E-state index < -0.39 is 0 Å². The molecule has 1 aromatic rings. The number of primary amides is 1. The number of hydrogen-bond donors (Lipinski definition) is 1. The van der Waals surface area contributed by atoms with Gasteiger partial charge >= 0.3 is 0 Å². The fourth-order valence-electron chi connectivity index (χ4n) is 2.68. The van der Waals surface area contributed by atoms with E-state index in [1.54, 1.807) is 0 Å². The number of amides is 1. The number of hydrogen-bond acceptors (Lipinski definition) is 2. The van der Waals surface area contributed by atoms with E-state index in [2.05, 4.69) is 4.90 Å². The third kappa shape index (κ3) is 3.77. The molecule has 4 heteroatoms. The number of nitrogens with two attached hydrogens (primary N) is 1. The molecule has 1 atom stereocenters. The second kappa shape index (κ2) is 6.15. The summed E-state index contributed by atoms with van der Waals surface area (Å²) in [5.74, 6) is 0.174. The van der Waals surface area contributed by atoms with Crippen LogP contribution in [-0.2, 0) is 11.2 Å². The summed E-state index contributed by atoms with van der Waals surface area (Å²) in [5, 5.41) is 0. The van der Waals surface area contributed by atoms with Gasteiger partial charge < -0.3 is 5.73 Å². The molecule has 1 heterocycles. The average Bonchev–Trinajstić information content (AvgIpc) is 2.41. The van der Waals surface area contributed by atoms with E-state index in [9.17, 15) is 9.18 Å². The first-order chi connectivity index (χ1) is 9.06. The molecule has 1 saturated heterocycles. The summed E-state index contributed by atoms with van der Waals surface area (Å²) in [6, 6.07) is 6.56. The molecule has 3 nitrogen and oxygen atoms in total. The number of rotatable bonds is 4. The third-order valence-corrected chi connectivity index (χ3v) is 4.05. The molecule has 19 heavy (non-hydrogen) atoms. The van der Waals surface area contributed by atoms with Gasteiger partial charge in [-0.2, -0.15) is 0 Å². The van der Waals surface area contributed by atoms with E-state index in [1.807, 2.05) is 19.1 Å². The highest BCUT2D eigenvalue weighted by Crippen LogP contribution is 2.23. The van der Waals surface area contributed by atoms with Crippen LogP contribution in [0, 0.1) is 11.7 Å². The maximum atomic E-state index is 12.8. The molecule has 1 aromatic carbocycles. The Morgan fingerprint density at radius 3 is 2.47 bits per heavy atom. The summed E-state index contributed by atoms with van der Waals surface area (Å²) in [6.07, 6.45) is 3.11. The van der Waals surface area contributed by atoms with E-state index in [1.165, 1.54) is 17.7 Å². The lowest BCUT2D eigenvalue weighted by molar-refractivity contribution is -0.123. The smallest absolute Gasteiger partial charge is 0.234 e.